The number of rotatable bonds is 2. The molecule has 0 saturated carbocycles. The van der Waals surface area contributed by atoms with Crippen LogP contribution in [0, 0.1) is 0 Å². The number of halogens is 1. The number of isocyanates is 1. The van der Waals surface area contributed by atoms with Crippen LogP contribution in [-0.4, -0.2) is 12.7 Å². The molecule has 0 radical (unpaired) electrons. The van der Waals surface area contributed by atoms with E-state index < -0.39 is 6.30 Å². The maximum atomic E-state index is 13.1. The molecule has 0 spiro atoms. The Morgan fingerprint density at radius 3 is 3.21 bits per heavy atom. The third-order valence-corrected chi connectivity index (χ3v) is 2.15. The molecule has 0 amide bonds. The molecule has 0 aromatic heterocycles. The summed E-state index contributed by atoms with van der Waals surface area (Å²) in [5.41, 5.74) is 1.34. The molecule has 0 N–H and O–H groups in total. The average Bonchev–Trinajstić information content (AvgIpc) is 2.64. The van der Waals surface area contributed by atoms with Crippen LogP contribution in [0.1, 0.15) is 17.4 Å². The fourth-order valence-electron chi connectivity index (χ4n) is 1.48. The molecule has 1 unspecified atom stereocenters. The lowest BCUT2D eigenvalue weighted by Crippen LogP contribution is -1.88. The summed E-state index contributed by atoms with van der Waals surface area (Å²) in [5.74, 6) is 0.788. The first kappa shape index (κ1) is 8.91. The molecule has 2 rings (SSSR count). The van der Waals surface area contributed by atoms with Gasteiger partial charge >= 0.3 is 0 Å². The van der Waals surface area contributed by atoms with Crippen LogP contribution in [-0.2, 0) is 11.2 Å². The predicted octanol–water partition coefficient (Wildman–Crippen LogP) is 1.93. The van der Waals surface area contributed by atoms with Gasteiger partial charge in [-0.15, -0.1) is 0 Å². The summed E-state index contributed by atoms with van der Waals surface area (Å²) >= 11 is 0. The van der Waals surface area contributed by atoms with Crippen LogP contribution < -0.4 is 4.74 Å². The number of benzene rings is 1. The highest BCUT2D eigenvalue weighted by Gasteiger charge is 2.15. The first-order chi connectivity index (χ1) is 6.81. The highest BCUT2D eigenvalue weighted by molar-refractivity contribution is 5.41. The fourth-order valence-corrected chi connectivity index (χ4v) is 1.48. The molecule has 1 atom stereocenters. The topological polar surface area (TPSA) is 38.7 Å². The Balaban J connectivity index is 2.32. The second-order valence-corrected chi connectivity index (χ2v) is 3.02. The Kier molecular flexibility index (Phi) is 2.29. The summed E-state index contributed by atoms with van der Waals surface area (Å²) in [4.78, 5) is 12.9. The van der Waals surface area contributed by atoms with E-state index in [1.165, 1.54) is 6.08 Å². The van der Waals surface area contributed by atoms with E-state index in [1.54, 1.807) is 18.2 Å². The van der Waals surface area contributed by atoms with E-state index in [0.29, 0.717) is 12.2 Å². The zero-order valence-electron chi connectivity index (χ0n) is 7.37. The lowest BCUT2D eigenvalue weighted by Gasteiger charge is -2.03. The van der Waals surface area contributed by atoms with Crippen molar-refractivity contribution in [2.75, 3.05) is 6.61 Å². The highest BCUT2D eigenvalue weighted by atomic mass is 19.1. The number of aliphatic imine (C=N–C) groups is 1. The van der Waals surface area contributed by atoms with Gasteiger partial charge in [-0.3, -0.25) is 0 Å². The Morgan fingerprint density at radius 1 is 1.57 bits per heavy atom. The molecule has 3 nitrogen and oxygen atoms in total. The molecule has 0 fully saturated rings. The van der Waals surface area contributed by atoms with E-state index in [9.17, 15) is 9.18 Å². The quantitative estimate of drug-likeness (QED) is 0.409. The van der Waals surface area contributed by atoms with Crippen LogP contribution in [0.5, 0.6) is 5.75 Å². The van der Waals surface area contributed by atoms with Crippen molar-refractivity contribution < 1.29 is 13.9 Å². The average molecular weight is 193 g/mol. The Bertz CT molecular complexity index is 399. The van der Waals surface area contributed by atoms with Crippen molar-refractivity contribution in [3.63, 3.8) is 0 Å². The van der Waals surface area contributed by atoms with E-state index in [-0.39, 0.29) is 0 Å². The van der Waals surface area contributed by atoms with Gasteiger partial charge < -0.3 is 4.74 Å². The molecule has 72 valence electrons. The van der Waals surface area contributed by atoms with Gasteiger partial charge in [0.25, 0.3) is 0 Å². The van der Waals surface area contributed by atoms with Crippen molar-refractivity contribution in [2.45, 2.75) is 12.7 Å². The third kappa shape index (κ3) is 1.52. The molecule has 4 heteroatoms. The third-order valence-electron chi connectivity index (χ3n) is 2.15. The smallest absolute Gasteiger partial charge is 0.238 e. The number of carbonyl (C=O) groups excluding carboxylic acids is 1. The molecule has 14 heavy (non-hydrogen) atoms. The number of alkyl halides is 1. The van der Waals surface area contributed by atoms with E-state index in [1.807, 2.05) is 0 Å². The van der Waals surface area contributed by atoms with Gasteiger partial charge in [-0.2, -0.15) is 4.99 Å². The van der Waals surface area contributed by atoms with Crippen LogP contribution >= 0.6 is 0 Å². The van der Waals surface area contributed by atoms with Crippen molar-refractivity contribution in [3.8, 4) is 5.75 Å². The molecular weight excluding hydrogens is 185 g/mol. The molecular formula is C10H8FNO2. The highest BCUT2D eigenvalue weighted by Crippen LogP contribution is 2.29. The van der Waals surface area contributed by atoms with Crippen molar-refractivity contribution in [2.24, 2.45) is 4.99 Å². The zero-order valence-corrected chi connectivity index (χ0v) is 7.37. The number of fused-ring (bicyclic) bond motifs is 1. The van der Waals surface area contributed by atoms with Crippen LogP contribution in [0.2, 0.25) is 0 Å². The largest absolute Gasteiger partial charge is 0.493 e. The minimum absolute atomic E-state index is 0.373. The van der Waals surface area contributed by atoms with Gasteiger partial charge in [0.05, 0.1) is 6.61 Å². The van der Waals surface area contributed by atoms with Gasteiger partial charge in [0.2, 0.25) is 12.4 Å². The van der Waals surface area contributed by atoms with Gasteiger partial charge in [-0.25, -0.2) is 9.18 Å². The SMILES string of the molecule is O=C=NC(F)c1ccc2c(c1)CCO2. The van der Waals surface area contributed by atoms with Crippen LogP contribution in [0.25, 0.3) is 0 Å². The van der Waals surface area contributed by atoms with Crippen molar-refractivity contribution in [3.05, 3.63) is 29.3 Å². The predicted molar refractivity (Wildman–Crippen MR) is 47.6 cm³/mol. The zero-order chi connectivity index (χ0) is 9.97. The number of hydrogen-bond acceptors (Lipinski definition) is 3. The summed E-state index contributed by atoms with van der Waals surface area (Å²) in [6, 6.07) is 4.94. The molecule has 0 saturated heterocycles. The number of hydrogen-bond donors (Lipinski definition) is 0. The molecule has 1 aliphatic rings. The maximum Gasteiger partial charge on any atom is 0.238 e. The van der Waals surface area contributed by atoms with Crippen LogP contribution in [0.15, 0.2) is 23.2 Å². The van der Waals surface area contributed by atoms with E-state index in [2.05, 4.69) is 4.99 Å². The minimum atomic E-state index is -1.61. The number of nitrogens with zero attached hydrogens (tertiary/aromatic N) is 1. The van der Waals surface area contributed by atoms with Gasteiger partial charge in [-0.05, 0) is 17.7 Å². The lowest BCUT2D eigenvalue weighted by molar-refractivity contribution is 0.353. The van der Waals surface area contributed by atoms with Crippen LogP contribution in [0.3, 0.4) is 0 Å². The Labute approximate surface area is 80.2 Å². The molecule has 0 bridgehead atoms. The van der Waals surface area contributed by atoms with Gasteiger partial charge in [0.1, 0.15) is 5.75 Å². The van der Waals surface area contributed by atoms with Gasteiger partial charge in [0.15, 0.2) is 0 Å². The summed E-state index contributed by atoms with van der Waals surface area (Å²) in [5, 5.41) is 0. The van der Waals surface area contributed by atoms with Crippen molar-refractivity contribution >= 4 is 6.08 Å². The normalized spacial score (nSPS) is 15.2. The monoisotopic (exact) mass is 193 g/mol. The second kappa shape index (κ2) is 3.60. The van der Waals surface area contributed by atoms with E-state index in [0.717, 1.165) is 17.7 Å². The maximum absolute atomic E-state index is 13.1. The fraction of sp³-hybridized carbons (Fsp3) is 0.300. The lowest BCUT2D eigenvalue weighted by atomic mass is 10.1. The Morgan fingerprint density at radius 2 is 2.43 bits per heavy atom. The van der Waals surface area contributed by atoms with Crippen molar-refractivity contribution in [1.29, 1.82) is 0 Å². The summed E-state index contributed by atoms with van der Waals surface area (Å²) in [6.45, 7) is 0.632. The summed E-state index contributed by atoms with van der Waals surface area (Å²) in [6.07, 6.45) is 0.368. The van der Waals surface area contributed by atoms with Crippen LogP contribution in [0.4, 0.5) is 4.39 Å². The molecule has 1 aromatic carbocycles. The second-order valence-electron chi connectivity index (χ2n) is 3.02. The van der Waals surface area contributed by atoms with E-state index >= 15 is 0 Å². The van der Waals surface area contributed by atoms with Gasteiger partial charge in [-0.1, -0.05) is 6.07 Å². The molecule has 1 heterocycles. The number of ether oxygens (including phenoxy) is 1. The first-order valence-electron chi connectivity index (χ1n) is 4.28. The van der Waals surface area contributed by atoms with Crippen molar-refractivity contribution in [1.82, 2.24) is 0 Å². The molecule has 1 aliphatic heterocycles. The van der Waals surface area contributed by atoms with Gasteiger partial charge in [0, 0.05) is 12.0 Å². The standard InChI is InChI=1S/C10H8FNO2/c11-10(12-6-13)8-1-2-9-7(5-8)3-4-14-9/h1-2,5,10H,3-4H2. The molecule has 0 aliphatic carbocycles. The van der Waals surface area contributed by atoms with E-state index in [4.69, 9.17) is 4.74 Å². The first-order valence-corrected chi connectivity index (χ1v) is 4.28. The minimum Gasteiger partial charge on any atom is -0.493 e. The Hall–Kier alpha value is -1.67. The summed E-state index contributed by atoms with van der Waals surface area (Å²) in [7, 11) is 0. The summed E-state index contributed by atoms with van der Waals surface area (Å²) < 4.78 is 18.4. The molecule has 1 aromatic rings.